The first-order chi connectivity index (χ1) is 10.2. The van der Waals surface area contributed by atoms with Crippen molar-refractivity contribution in [2.45, 2.75) is 31.9 Å². The van der Waals surface area contributed by atoms with E-state index in [9.17, 15) is 4.79 Å². The molecule has 0 saturated carbocycles. The number of rotatable bonds is 4. The number of ether oxygens (including phenoxy) is 1. The highest BCUT2D eigenvalue weighted by Gasteiger charge is 2.40. The van der Waals surface area contributed by atoms with Crippen molar-refractivity contribution in [3.8, 4) is 5.75 Å². The van der Waals surface area contributed by atoms with Crippen molar-refractivity contribution in [3.63, 3.8) is 0 Å². The van der Waals surface area contributed by atoms with E-state index in [0.29, 0.717) is 11.3 Å². The minimum absolute atomic E-state index is 0.0724. The summed E-state index contributed by atoms with van der Waals surface area (Å²) in [6, 6.07) is 17.3. The molecule has 0 aliphatic carbocycles. The lowest BCUT2D eigenvalue weighted by atomic mass is 9.94. The Morgan fingerprint density at radius 2 is 1.76 bits per heavy atom. The van der Waals surface area contributed by atoms with Gasteiger partial charge < -0.3 is 10.1 Å². The van der Waals surface area contributed by atoms with Crippen molar-refractivity contribution in [1.29, 1.82) is 0 Å². The summed E-state index contributed by atoms with van der Waals surface area (Å²) in [6.45, 7) is 2.14. The van der Waals surface area contributed by atoms with E-state index in [0.717, 1.165) is 24.8 Å². The number of carbonyl (C=O) groups is 1. The van der Waals surface area contributed by atoms with E-state index in [4.69, 9.17) is 4.74 Å². The average molecular weight is 281 g/mol. The minimum atomic E-state index is -0.761. The van der Waals surface area contributed by atoms with Crippen molar-refractivity contribution in [3.05, 3.63) is 65.7 Å². The normalized spacial score (nSPS) is 20.3. The second-order valence-electron chi connectivity index (χ2n) is 5.35. The summed E-state index contributed by atoms with van der Waals surface area (Å²) < 4.78 is 6.25. The molecule has 1 aliphatic heterocycles. The number of nitrogens with one attached hydrogen (secondary N) is 1. The molecule has 1 heterocycles. The van der Waals surface area contributed by atoms with Gasteiger partial charge in [0.25, 0.3) is 5.91 Å². The van der Waals surface area contributed by atoms with E-state index >= 15 is 0 Å². The SMILES string of the molecule is CCCC[C@@]1(c2ccccc2)NC(=O)c2ccccc2O1. The molecule has 0 fully saturated rings. The first kappa shape index (κ1) is 13.7. The highest BCUT2D eigenvalue weighted by Crippen LogP contribution is 2.36. The Morgan fingerprint density at radius 1 is 1.05 bits per heavy atom. The van der Waals surface area contributed by atoms with Crippen LogP contribution in [0.5, 0.6) is 5.75 Å². The summed E-state index contributed by atoms with van der Waals surface area (Å²) in [5.41, 5.74) is 0.824. The number of hydrogen-bond acceptors (Lipinski definition) is 2. The van der Waals surface area contributed by atoms with Gasteiger partial charge in [-0.1, -0.05) is 55.8 Å². The van der Waals surface area contributed by atoms with E-state index < -0.39 is 5.72 Å². The highest BCUT2D eigenvalue weighted by molar-refractivity contribution is 5.98. The Bertz CT molecular complexity index is 639. The lowest BCUT2D eigenvalue weighted by Crippen LogP contribution is -2.53. The zero-order valence-electron chi connectivity index (χ0n) is 12.1. The van der Waals surface area contributed by atoms with Crippen molar-refractivity contribution in [1.82, 2.24) is 5.32 Å². The average Bonchev–Trinajstić information content (AvgIpc) is 2.54. The Kier molecular flexibility index (Phi) is 3.65. The summed E-state index contributed by atoms with van der Waals surface area (Å²) in [6.07, 6.45) is 2.79. The summed E-state index contributed by atoms with van der Waals surface area (Å²) in [7, 11) is 0. The van der Waals surface area contributed by atoms with E-state index in [2.05, 4.69) is 12.2 Å². The molecule has 0 spiro atoms. The Balaban J connectivity index is 2.04. The molecule has 108 valence electrons. The van der Waals surface area contributed by atoms with Crippen LogP contribution < -0.4 is 10.1 Å². The number of fused-ring (bicyclic) bond motifs is 1. The third-order valence-electron chi connectivity index (χ3n) is 3.85. The lowest BCUT2D eigenvalue weighted by Gasteiger charge is -2.39. The fourth-order valence-corrected chi connectivity index (χ4v) is 2.73. The molecule has 1 aliphatic rings. The van der Waals surface area contributed by atoms with Crippen LogP contribution in [-0.2, 0) is 5.72 Å². The zero-order valence-corrected chi connectivity index (χ0v) is 12.1. The summed E-state index contributed by atoms with van der Waals surface area (Å²) in [5, 5.41) is 3.08. The van der Waals surface area contributed by atoms with Gasteiger partial charge in [0.1, 0.15) is 5.75 Å². The van der Waals surface area contributed by atoms with Crippen LogP contribution in [0.15, 0.2) is 54.6 Å². The molecule has 1 N–H and O–H groups in total. The Morgan fingerprint density at radius 3 is 2.52 bits per heavy atom. The first-order valence-electron chi connectivity index (χ1n) is 7.41. The number of carbonyl (C=O) groups excluding carboxylic acids is 1. The standard InChI is InChI=1S/C18H19NO2/c1-2-3-13-18(14-9-5-4-6-10-14)19-17(20)15-11-7-8-12-16(15)21-18/h4-12H,2-3,13H2,1H3,(H,19,20)/t18-/m1/s1. The van der Waals surface area contributed by atoms with Crippen molar-refractivity contribution < 1.29 is 9.53 Å². The molecule has 21 heavy (non-hydrogen) atoms. The molecule has 0 bridgehead atoms. The van der Waals surface area contributed by atoms with Gasteiger partial charge in [0.05, 0.1) is 5.56 Å². The van der Waals surface area contributed by atoms with E-state index in [-0.39, 0.29) is 5.91 Å². The van der Waals surface area contributed by atoms with Gasteiger partial charge in [-0.3, -0.25) is 4.79 Å². The first-order valence-corrected chi connectivity index (χ1v) is 7.41. The molecule has 0 unspecified atom stereocenters. The molecule has 3 heteroatoms. The van der Waals surface area contributed by atoms with Crippen LogP contribution in [0.25, 0.3) is 0 Å². The van der Waals surface area contributed by atoms with Crippen LogP contribution in [0, 0.1) is 0 Å². The molecule has 2 aromatic rings. The molecule has 1 atom stereocenters. The fourth-order valence-electron chi connectivity index (χ4n) is 2.73. The molecule has 0 radical (unpaired) electrons. The monoisotopic (exact) mass is 281 g/mol. The van der Waals surface area contributed by atoms with Crippen LogP contribution in [0.2, 0.25) is 0 Å². The van der Waals surface area contributed by atoms with Crippen LogP contribution >= 0.6 is 0 Å². The van der Waals surface area contributed by atoms with Gasteiger partial charge in [0.15, 0.2) is 0 Å². The van der Waals surface area contributed by atoms with Gasteiger partial charge in [0, 0.05) is 12.0 Å². The quantitative estimate of drug-likeness (QED) is 0.924. The maximum Gasteiger partial charge on any atom is 0.258 e. The minimum Gasteiger partial charge on any atom is -0.463 e. The third kappa shape index (κ3) is 2.51. The summed E-state index contributed by atoms with van der Waals surface area (Å²) >= 11 is 0. The molecule has 1 amide bonds. The van der Waals surface area contributed by atoms with Crippen LogP contribution in [0.4, 0.5) is 0 Å². The molecule has 0 aromatic heterocycles. The summed E-state index contributed by atoms with van der Waals surface area (Å²) in [4.78, 5) is 12.4. The Labute approximate surface area is 124 Å². The molecule has 2 aromatic carbocycles. The highest BCUT2D eigenvalue weighted by atomic mass is 16.5. The zero-order chi connectivity index (χ0) is 14.7. The van der Waals surface area contributed by atoms with Gasteiger partial charge in [-0.2, -0.15) is 0 Å². The Hall–Kier alpha value is -2.29. The topological polar surface area (TPSA) is 38.3 Å². The van der Waals surface area contributed by atoms with E-state index in [1.807, 2.05) is 48.5 Å². The van der Waals surface area contributed by atoms with Crippen molar-refractivity contribution in [2.75, 3.05) is 0 Å². The number of para-hydroxylation sites is 1. The predicted octanol–water partition coefficient (Wildman–Crippen LogP) is 3.85. The lowest BCUT2D eigenvalue weighted by molar-refractivity contribution is 0.00679. The maximum absolute atomic E-state index is 12.4. The van der Waals surface area contributed by atoms with Gasteiger partial charge in [-0.15, -0.1) is 0 Å². The number of hydrogen-bond donors (Lipinski definition) is 1. The van der Waals surface area contributed by atoms with E-state index in [1.165, 1.54) is 0 Å². The predicted molar refractivity (Wildman–Crippen MR) is 82.2 cm³/mol. The van der Waals surface area contributed by atoms with Crippen molar-refractivity contribution in [2.24, 2.45) is 0 Å². The molecular weight excluding hydrogens is 262 g/mol. The van der Waals surface area contributed by atoms with Crippen LogP contribution in [-0.4, -0.2) is 5.91 Å². The van der Waals surface area contributed by atoms with Gasteiger partial charge >= 0.3 is 0 Å². The molecule has 3 nitrogen and oxygen atoms in total. The van der Waals surface area contributed by atoms with Crippen LogP contribution in [0.1, 0.15) is 42.1 Å². The smallest absolute Gasteiger partial charge is 0.258 e. The van der Waals surface area contributed by atoms with Crippen LogP contribution in [0.3, 0.4) is 0 Å². The second kappa shape index (κ2) is 5.60. The van der Waals surface area contributed by atoms with E-state index in [1.54, 1.807) is 6.07 Å². The second-order valence-corrected chi connectivity index (χ2v) is 5.35. The van der Waals surface area contributed by atoms with Crippen molar-refractivity contribution >= 4 is 5.91 Å². The van der Waals surface area contributed by atoms with Gasteiger partial charge in [-0.25, -0.2) is 0 Å². The number of benzene rings is 2. The fraction of sp³-hybridized carbons (Fsp3) is 0.278. The maximum atomic E-state index is 12.4. The largest absolute Gasteiger partial charge is 0.463 e. The molecule has 3 rings (SSSR count). The van der Waals surface area contributed by atoms with Gasteiger partial charge in [0.2, 0.25) is 5.72 Å². The third-order valence-corrected chi connectivity index (χ3v) is 3.85. The molecular formula is C18H19NO2. The summed E-state index contributed by atoms with van der Waals surface area (Å²) in [5.74, 6) is 0.581. The molecule has 0 saturated heterocycles. The number of amides is 1. The number of unbranched alkanes of at least 4 members (excludes halogenated alkanes) is 1. The van der Waals surface area contributed by atoms with Gasteiger partial charge in [-0.05, 0) is 18.6 Å².